The summed E-state index contributed by atoms with van der Waals surface area (Å²) < 4.78 is 28.4. The Morgan fingerprint density at radius 3 is 2.28 bits per heavy atom. The minimum atomic E-state index is -0.973. The second kappa shape index (κ2) is 15.8. The van der Waals surface area contributed by atoms with Gasteiger partial charge in [-0.2, -0.15) is 0 Å². The molecule has 3 fully saturated rings. The van der Waals surface area contributed by atoms with Crippen LogP contribution in [0, 0.1) is 23.6 Å². The standard InChI is InChI=1S/C34H48F2N6O5/c1-4-27(43)40-29(33(46)42-17-12-34(3,47)13-18-42)20(2)23-9-10-25(24(36)19-23)39-32(45)30(28(21-5-6-21)22-7-8-22)41-31(44)26(11-15-37)38-16-14-35/h9-11,15,19-22,28-30,47H,4-8,12-14,16-18,37H2,1-3H3,(H,39,45)(H,40,43)(H,41,44)/b15-11-,38-26?/t20-,29+,30-/m0/s1. The lowest BCUT2D eigenvalue weighted by molar-refractivity contribution is -0.140. The highest BCUT2D eigenvalue weighted by molar-refractivity contribution is 6.43. The first-order valence-electron chi connectivity index (χ1n) is 16.6. The number of carbonyl (C=O) groups is 4. The lowest BCUT2D eigenvalue weighted by Crippen LogP contribution is -2.54. The molecule has 4 rings (SSSR count). The largest absolute Gasteiger partial charge is 0.405 e. The number of aliphatic imine (C=N–C) groups is 1. The maximum absolute atomic E-state index is 15.7. The lowest BCUT2D eigenvalue weighted by atomic mass is 9.88. The number of piperidine rings is 1. The van der Waals surface area contributed by atoms with Gasteiger partial charge in [0.05, 0.1) is 17.8 Å². The number of alkyl halides is 1. The smallest absolute Gasteiger partial charge is 0.270 e. The topological polar surface area (TPSA) is 166 Å². The minimum Gasteiger partial charge on any atom is -0.405 e. The van der Waals surface area contributed by atoms with E-state index in [-0.39, 0.29) is 53.9 Å². The number of nitrogens with one attached hydrogen (secondary N) is 3. The second-order valence-electron chi connectivity index (χ2n) is 13.3. The summed E-state index contributed by atoms with van der Waals surface area (Å²) >= 11 is 0. The molecule has 258 valence electrons. The molecule has 13 heteroatoms. The number of halogens is 2. The minimum absolute atomic E-state index is 0.0950. The zero-order chi connectivity index (χ0) is 34.3. The summed E-state index contributed by atoms with van der Waals surface area (Å²) in [5.41, 5.74) is 4.85. The van der Waals surface area contributed by atoms with Gasteiger partial charge in [0, 0.05) is 25.4 Å². The Balaban J connectivity index is 1.53. The molecule has 1 aromatic rings. The van der Waals surface area contributed by atoms with E-state index in [9.17, 15) is 28.7 Å². The molecule has 11 nitrogen and oxygen atoms in total. The van der Waals surface area contributed by atoms with E-state index in [1.165, 1.54) is 18.2 Å². The fraction of sp³-hybridized carbons (Fsp3) is 0.618. The molecule has 1 aromatic carbocycles. The molecule has 1 aliphatic heterocycles. The van der Waals surface area contributed by atoms with Crippen molar-refractivity contribution in [2.75, 3.05) is 31.6 Å². The fourth-order valence-corrected chi connectivity index (χ4v) is 6.30. The number of amides is 4. The van der Waals surface area contributed by atoms with Gasteiger partial charge in [-0.1, -0.05) is 19.9 Å². The van der Waals surface area contributed by atoms with Crippen LogP contribution >= 0.6 is 0 Å². The van der Waals surface area contributed by atoms with Crippen LogP contribution in [0.1, 0.15) is 77.2 Å². The lowest BCUT2D eigenvalue weighted by Gasteiger charge is -2.38. The van der Waals surface area contributed by atoms with Crippen LogP contribution in [0.3, 0.4) is 0 Å². The molecule has 2 aliphatic carbocycles. The summed E-state index contributed by atoms with van der Waals surface area (Å²) in [6.07, 6.45) is 7.06. The normalized spacial score (nSPS) is 20.1. The fourth-order valence-electron chi connectivity index (χ4n) is 6.30. The number of hydrogen-bond acceptors (Lipinski definition) is 7. The Morgan fingerprint density at radius 1 is 1.11 bits per heavy atom. The van der Waals surface area contributed by atoms with Crippen LogP contribution in [-0.2, 0) is 19.2 Å². The van der Waals surface area contributed by atoms with Gasteiger partial charge in [0.2, 0.25) is 17.7 Å². The SMILES string of the molecule is CCC(=O)N[C@@H](C(=O)N1CCC(C)(O)CC1)[C@@H](C)c1ccc(NC(=O)[C@@H](NC(=O)C(/C=C\N)=NCCF)C(C2CC2)C2CC2)c(F)c1. The van der Waals surface area contributed by atoms with Gasteiger partial charge in [-0.15, -0.1) is 0 Å². The van der Waals surface area contributed by atoms with Crippen LogP contribution < -0.4 is 21.7 Å². The molecule has 3 aliphatic rings. The van der Waals surface area contributed by atoms with E-state index in [0.717, 1.165) is 31.9 Å². The summed E-state index contributed by atoms with van der Waals surface area (Å²) in [5.74, 6) is -2.86. The predicted octanol–water partition coefficient (Wildman–Crippen LogP) is 2.94. The van der Waals surface area contributed by atoms with Crippen molar-refractivity contribution in [2.24, 2.45) is 28.5 Å². The van der Waals surface area contributed by atoms with E-state index < -0.39 is 47.9 Å². The van der Waals surface area contributed by atoms with Gasteiger partial charge < -0.3 is 31.7 Å². The molecular formula is C34H48F2N6O5. The molecule has 1 saturated heterocycles. The van der Waals surface area contributed by atoms with Crippen molar-refractivity contribution in [3.05, 3.63) is 41.9 Å². The van der Waals surface area contributed by atoms with Crippen molar-refractivity contribution in [3.63, 3.8) is 0 Å². The molecule has 0 spiro atoms. The van der Waals surface area contributed by atoms with Crippen LogP contribution in [0.2, 0.25) is 0 Å². The first-order valence-corrected chi connectivity index (χ1v) is 16.6. The van der Waals surface area contributed by atoms with Crippen LogP contribution in [-0.4, -0.2) is 83.3 Å². The number of rotatable bonds is 15. The second-order valence-corrected chi connectivity index (χ2v) is 13.3. The van der Waals surface area contributed by atoms with E-state index in [1.54, 1.807) is 31.7 Å². The molecule has 0 radical (unpaired) electrons. The Bertz CT molecular complexity index is 1350. The Kier molecular flexibility index (Phi) is 12.1. The van der Waals surface area contributed by atoms with Crippen LogP contribution in [0.25, 0.3) is 0 Å². The first-order chi connectivity index (χ1) is 22.4. The van der Waals surface area contributed by atoms with E-state index in [1.807, 2.05) is 0 Å². The monoisotopic (exact) mass is 658 g/mol. The number of nitrogens with two attached hydrogens (primary N) is 1. The van der Waals surface area contributed by atoms with Crippen molar-refractivity contribution in [1.29, 1.82) is 0 Å². The highest BCUT2D eigenvalue weighted by Crippen LogP contribution is 2.51. The van der Waals surface area contributed by atoms with Crippen molar-refractivity contribution < 1.29 is 33.1 Å². The summed E-state index contributed by atoms with van der Waals surface area (Å²) in [4.78, 5) is 58.4. The van der Waals surface area contributed by atoms with Crippen molar-refractivity contribution in [3.8, 4) is 0 Å². The van der Waals surface area contributed by atoms with Crippen LogP contribution in [0.5, 0.6) is 0 Å². The zero-order valence-electron chi connectivity index (χ0n) is 27.4. The van der Waals surface area contributed by atoms with Crippen molar-refractivity contribution >= 4 is 35.0 Å². The molecule has 3 atom stereocenters. The average molecular weight is 659 g/mol. The summed E-state index contributed by atoms with van der Waals surface area (Å²) in [7, 11) is 0. The van der Waals surface area contributed by atoms with E-state index in [4.69, 9.17) is 5.73 Å². The maximum Gasteiger partial charge on any atom is 0.270 e. The summed E-state index contributed by atoms with van der Waals surface area (Å²) in [6.45, 7) is 4.81. The Labute approximate surface area is 274 Å². The number of anilines is 1. The molecule has 47 heavy (non-hydrogen) atoms. The van der Waals surface area contributed by atoms with E-state index in [0.29, 0.717) is 31.5 Å². The number of likely N-dealkylation sites (tertiary alicyclic amines) is 1. The molecule has 4 amide bonds. The zero-order valence-corrected chi connectivity index (χ0v) is 27.4. The third-order valence-corrected chi connectivity index (χ3v) is 9.47. The van der Waals surface area contributed by atoms with E-state index >= 15 is 4.39 Å². The Morgan fingerprint density at radius 2 is 1.74 bits per heavy atom. The quantitative estimate of drug-likeness (QED) is 0.182. The number of nitrogens with zero attached hydrogens (tertiary/aromatic N) is 2. The van der Waals surface area contributed by atoms with Gasteiger partial charge in [-0.05, 0) is 93.2 Å². The molecule has 1 heterocycles. The van der Waals surface area contributed by atoms with Gasteiger partial charge in [0.15, 0.2) is 0 Å². The summed E-state index contributed by atoms with van der Waals surface area (Å²) in [6, 6.07) is 2.31. The van der Waals surface area contributed by atoms with Gasteiger partial charge in [0.25, 0.3) is 5.91 Å². The molecular weight excluding hydrogens is 610 g/mol. The third-order valence-electron chi connectivity index (χ3n) is 9.47. The Hall–Kier alpha value is -3.87. The van der Waals surface area contributed by atoms with Crippen molar-refractivity contribution in [1.82, 2.24) is 15.5 Å². The summed E-state index contributed by atoms with van der Waals surface area (Å²) in [5, 5.41) is 18.5. The van der Waals surface area contributed by atoms with Crippen LogP contribution in [0.4, 0.5) is 14.5 Å². The molecule has 0 unspecified atom stereocenters. The molecule has 0 aromatic heterocycles. The maximum atomic E-state index is 15.7. The number of benzene rings is 1. The molecule has 2 saturated carbocycles. The van der Waals surface area contributed by atoms with E-state index in [2.05, 4.69) is 20.9 Å². The number of hydrogen-bond donors (Lipinski definition) is 5. The highest BCUT2D eigenvalue weighted by Gasteiger charge is 2.48. The van der Waals surface area contributed by atoms with Gasteiger partial charge in [-0.25, -0.2) is 8.78 Å². The predicted molar refractivity (Wildman–Crippen MR) is 175 cm³/mol. The van der Waals surface area contributed by atoms with Gasteiger partial charge in [-0.3, -0.25) is 24.2 Å². The third kappa shape index (κ3) is 9.59. The number of carbonyl (C=O) groups excluding carboxylic acids is 4. The van der Waals surface area contributed by atoms with Gasteiger partial charge >= 0.3 is 0 Å². The average Bonchev–Trinajstić information content (AvgIpc) is 3.98. The van der Waals surface area contributed by atoms with Crippen molar-refractivity contribution in [2.45, 2.75) is 89.3 Å². The highest BCUT2D eigenvalue weighted by atomic mass is 19.1. The number of aliphatic hydroxyl groups is 1. The van der Waals surface area contributed by atoms with Gasteiger partial charge in [0.1, 0.15) is 30.3 Å². The molecule has 0 bridgehead atoms. The van der Waals surface area contributed by atoms with Crippen LogP contribution in [0.15, 0.2) is 35.5 Å². The first kappa shape index (κ1) is 36.0. The molecule has 6 N–H and O–H groups in total.